The number of benzene rings is 1. The van der Waals surface area contributed by atoms with Gasteiger partial charge in [-0.2, -0.15) is 0 Å². The molecule has 0 fully saturated rings. The van der Waals surface area contributed by atoms with Crippen molar-refractivity contribution in [2.45, 2.75) is 6.92 Å². The Morgan fingerprint density at radius 1 is 1.40 bits per heavy atom. The molecule has 1 aromatic heterocycles. The Bertz CT molecular complexity index is 659. The number of aromatic carboxylic acids is 1. The number of hydrogen-bond donors (Lipinski definition) is 2. The number of halogens is 1. The van der Waals surface area contributed by atoms with Crippen LogP contribution in [0.15, 0.2) is 30.5 Å². The number of nitrogens with zero attached hydrogens (tertiary/aromatic N) is 1. The number of carboxylic acids is 1. The smallest absolute Gasteiger partial charge is 0.339 e. The highest BCUT2D eigenvalue weighted by Crippen LogP contribution is 2.25. The maximum Gasteiger partial charge on any atom is 0.339 e. The van der Waals surface area contributed by atoms with Crippen molar-refractivity contribution in [1.82, 2.24) is 4.98 Å². The Kier molecular flexibility index (Phi) is 3.84. The molecule has 2 aromatic rings. The van der Waals surface area contributed by atoms with Crippen molar-refractivity contribution in [3.05, 3.63) is 47.4 Å². The van der Waals surface area contributed by atoms with Crippen molar-refractivity contribution in [2.75, 3.05) is 12.4 Å². The summed E-state index contributed by atoms with van der Waals surface area (Å²) in [6.45, 7) is 1.86. The molecular weight excluding hydrogens is 263 g/mol. The largest absolute Gasteiger partial charge is 0.496 e. The standard InChI is InChI=1S/C14H13FN2O3/c1-8-5-10(3-4-12(8)20-2)17-13-11(14(18)19)6-9(15)7-16-13/h3-7H,1-2H3,(H,16,17)(H,18,19). The van der Waals surface area contributed by atoms with Gasteiger partial charge in [0, 0.05) is 5.69 Å². The summed E-state index contributed by atoms with van der Waals surface area (Å²) in [5, 5.41) is 11.9. The molecule has 1 aromatic carbocycles. The Morgan fingerprint density at radius 2 is 2.15 bits per heavy atom. The number of ether oxygens (including phenoxy) is 1. The van der Waals surface area contributed by atoms with Gasteiger partial charge in [-0.05, 0) is 36.8 Å². The summed E-state index contributed by atoms with van der Waals surface area (Å²) in [4.78, 5) is 14.8. The molecule has 104 valence electrons. The predicted molar refractivity (Wildman–Crippen MR) is 72.2 cm³/mol. The van der Waals surface area contributed by atoms with Crippen LogP contribution in [0.1, 0.15) is 15.9 Å². The van der Waals surface area contributed by atoms with Gasteiger partial charge in [0.1, 0.15) is 22.9 Å². The summed E-state index contributed by atoms with van der Waals surface area (Å²) in [5.74, 6) is -1.13. The minimum atomic E-state index is -1.25. The van der Waals surface area contributed by atoms with Gasteiger partial charge in [-0.3, -0.25) is 0 Å². The number of pyridine rings is 1. The van der Waals surface area contributed by atoms with Gasteiger partial charge in [0.15, 0.2) is 0 Å². The summed E-state index contributed by atoms with van der Waals surface area (Å²) >= 11 is 0. The van der Waals surface area contributed by atoms with Gasteiger partial charge in [0.2, 0.25) is 0 Å². The molecule has 5 nitrogen and oxygen atoms in total. The van der Waals surface area contributed by atoms with Gasteiger partial charge < -0.3 is 15.2 Å². The monoisotopic (exact) mass is 276 g/mol. The molecule has 0 aliphatic heterocycles. The van der Waals surface area contributed by atoms with E-state index in [1.165, 1.54) is 0 Å². The van der Waals surface area contributed by atoms with Crippen molar-refractivity contribution in [1.29, 1.82) is 0 Å². The molecule has 0 aliphatic carbocycles. The van der Waals surface area contributed by atoms with E-state index in [9.17, 15) is 9.18 Å². The van der Waals surface area contributed by atoms with Crippen LogP contribution in [0.3, 0.4) is 0 Å². The number of nitrogens with one attached hydrogen (secondary N) is 1. The van der Waals surface area contributed by atoms with Crippen LogP contribution in [0, 0.1) is 12.7 Å². The van der Waals surface area contributed by atoms with Gasteiger partial charge in [-0.15, -0.1) is 0 Å². The lowest BCUT2D eigenvalue weighted by molar-refractivity contribution is 0.0697. The van der Waals surface area contributed by atoms with Crippen LogP contribution < -0.4 is 10.1 Å². The average molecular weight is 276 g/mol. The van der Waals surface area contributed by atoms with E-state index in [2.05, 4.69) is 10.3 Å². The number of methoxy groups -OCH3 is 1. The molecule has 0 aliphatic rings. The first kappa shape index (κ1) is 13.8. The molecule has 2 rings (SSSR count). The fourth-order valence-electron chi connectivity index (χ4n) is 1.79. The molecule has 0 saturated carbocycles. The Hall–Kier alpha value is -2.63. The van der Waals surface area contributed by atoms with E-state index >= 15 is 0 Å². The quantitative estimate of drug-likeness (QED) is 0.898. The fourth-order valence-corrected chi connectivity index (χ4v) is 1.79. The van der Waals surface area contributed by atoms with Crippen molar-refractivity contribution in [3.8, 4) is 5.75 Å². The van der Waals surface area contributed by atoms with E-state index in [-0.39, 0.29) is 11.4 Å². The molecule has 0 amide bonds. The van der Waals surface area contributed by atoms with E-state index in [4.69, 9.17) is 9.84 Å². The van der Waals surface area contributed by atoms with Crippen LogP contribution in [0.2, 0.25) is 0 Å². The molecule has 1 heterocycles. The Labute approximate surface area is 115 Å². The van der Waals surface area contributed by atoms with Gasteiger partial charge >= 0.3 is 5.97 Å². The molecule has 0 bridgehead atoms. The third-order valence-electron chi connectivity index (χ3n) is 2.74. The molecule has 0 spiro atoms. The first-order valence-electron chi connectivity index (χ1n) is 5.81. The summed E-state index contributed by atoms with van der Waals surface area (Å²) in [6.07, 6.45) is 0.963. The average Bonchev–Trinajstić information content (AvgIpc) is 2.41. The zero-order valence-corrected chi connectivity index (χ0v) is 11.0. The Balaban J connectivity index is 2.35. The maximum absolute atomic E-state index is 13.0. The molecule has 2 N–H and O–H groups in total. The number of aryl methyl sites for hydroxylation is 1. The first-order valence-corrected chi connectivity index (χ1v) is 5.81. The first-order chi connectivity index (χ1) is 9.51. The lowest BCUT2D eigenvalue weighted by Crippen LogP contribution is -2.05. The van der Waals surface area contributed by atoms with Gasteiger partial charge in [-0.1, -0.05) is 0 Å². The summed E-state index contributed by atoms with van der Waals surface area (Å²) < 4.78 is 18.2. The molecular formula is C14H13FN2O3. The summed E-state index contributed by atoms with van der Waals surface area (Å²) in [7, 11) is 1.57. The second-order valence-electron chi connectivity index (χ2n) is 4.16. The van der Waals surface area contributed by atoms with Crippen molar-refractivity contribution in [2.24, 2.45) is 0 Å². The molecule has 0 atom stereocenters. The number of aromatic nitrogens is 1. The van der Waals surface area contributed by atoms with E-state index in [1.807, 2.05) is 6.92 Å². The zero-order valence-electron chi connectivity index (χ0n) is 11.0. The van der Waals surface area contributed by atoms with Crippen LogP contribution in [-0.4, -0.2) is 23.2 Å². The minimum absolute atomic E-state index is 0.0865. The lowest BCUT2D eigenvalue weighted by Gasteiger charge is -2.11. The van der Waals surface area contributed by atoms with Crippen LogP contribution in [0.25, 0.3) is 0 Å². The van der Waals surface area contributed by atoms with Crippen molar-refractivity contribution in [3.63, 3.8) is 0 Å². The minimum Gasteiger partial charge on any atom is -0.496 e. The van der Waals surface area contributed by atoms with E-state index in [0.29, 0.717) is 5.69 Å². The number of hydrogen-bond acceptors (Lipinski definition) is 4. The van der Waals surface area contributed by atoms with E-state index in [0.717, 1.165) is 23.6 Å². The second-order valence-corrected chi connectivity index (χ2v) is 4.16. The van der Waals surface area contributed by atoms with Crippen LogP contribution in [0.4, 0.5) is 15.9 Å². The number of carboxylic acid groups (broad SMARTS) is 1. The molecule has 0 radical (unpaired) electrons. The van der Waals surface area contributed by atoms with Crippen LogP contribution >= 0.6 is 0 Å². The summed E-state index contributed by atoms with van der Waals surface area (Å²) in [6, 6.07) is 6.19. The van der Waals surface area contributed by atoms with Gasteiger partial charge in [-0.25, -0.2) is 14.2 Å². The number of rotatable bonds is 4. The SMILES string of the molecule is COc1ccc(Nc2ncc(F)cc2C(=O)O)cc1C. The second kappa shape index (κ2) is 5.56. The normalized spacial score (nSPS) is 10.2. The van der Waals surface area contributed by atoms with Crippen molar-refractivity contribution >= 4 is 17.5 Å². The highest BCUT2D eigenvalue weighted by molar-refractivity contribution is 5.93. The van der Waals surface area contributed by atoms with E-state index in [1.54, 1.807) is 25.3 Å². The highest BCUT2D eigenvalue weighted by atomic mass is 19.1. The highest BCUT2D eigenvalue weighted by Gasteiger charge is 2.13. The summed E-state index contributed by atoms with van der Waals surface area (Å²) in [5.41, 5.74) is 1.31. The molecule has 0 saturated heterocycles. The maximum atomic E-state index is 13.0. The predicted octanol–water partition coefficient (Wildman–Crippen LogP) is 2.98. The zero-order chi connectivity index (χ0) is 14.7. The number of carbonyl (C=O) groups is 1. The third-order valence-corrected chi connectivity index (χ3v) is 2.74. The van der Waals surface area contributed by atoms with E-state index < -0.39 is 11.8 Å². The molecule has 0 unspecified atom stereocenters. The van der Waals surface area contributed by atoms with Crippen LogP contribution in [0.5, 0.6) is 5.75 Å². The molecule has 6 heteroatoms. The Morgan fingerprint density at radius 3 is 2.75 bits per heavy atom. The lowest BCUT2D eigenvalue weighted by atomic mass is 10.2. The topological polar surface area (TPSA) is 71.5 Å². The van der Waals surface area contributed by atoms with Gasteiger partial charge in [0.05, 0.1) is 13.3 Å². The fraction of sp³-hybridized carbons (Fsp3) is 0.143. The molecule has 20 heavy (non-hydrogen) atoms. The van der Waals surface area contributed by atoms with Crippen LogP contribution in [-0.2, 0) is 0 Å². The third kappa shape index (κ3) is 2.85. The number of anilines is 2. The van der Waals surface area contributed by atoms with Gasteiger partial charge in [0.25, 0.3) is 0 Å². The van der Waals surface area contributed by atoms with Crippen molar-refractivity contribution < 1.29 is 19.0 Å².